The molecule has 0 unspecified atom stereocenters. The van der Waals surface area contributed by atoms with E-state index in [-0.39, 0.29) is 95.6 Å². The van der Waals surface area contributed by atoms with Gasteiger partial charge in [0.1, 0.15) is 23.0 Å². The summed E-state index contributed by atoms with van der Waals surface area (Å²) >= 11 is 0. The number of hydrogen-bond acceptors (Lipinski definition) is 8. The maximum atomic E-state index is 14.0. The second-order valence-corrected chi connectivity index (χ2v) is 18.8. The molecule has 4 aromatic carbocycles. The number of aromatic nitrogens is 4. The second-order valence-electron chi connectivity index (χ2n) is 18.8. The lowest BCUT2D eigenvalue weighted by Crippen LogP contribution is -2.22. The molecule has 0 saturated carbocycles. The number of ether oxygens (including phenoxy) is 4. The third-order valence-electron chi connectivity index (χ3n) is 12.1. The van der Waals surface area contributed by atoms with Crippen LogP contribution in [0, 0.1) is 0 Å². The molecule has 0 aliphatic heterocycles. The molecule has 87 heavy (non-hydrogen) atoms. The molecule has 0 atom stereocenters. The minimum atomic E-state index is -5.46. The summed E-state index contributed by atoms with van der Waals surface area (Å²) < 4.78 is 354. The van der Waals surface area contributed by atoms with Gasteiger partial charge in [-0.3, -0.25) is 9.97 Å². The van der Waals surface area contributed by atoms with Gasteiger partial charge in [0.15, 0.2) is 0 Å². The molecular formula is C55H28F24N4O4. The van der Waals surface area contributed by atoms with Gasteiger partial charge in [-0.2, -0.15) is 115 Å². The summed E-state index contributed by atoms with van der Waals surface area (Å²) in [6.07, 6.45) is -43.4. The third-order valence-corrected chi connectivity index (χ3v) is 12.1. The Kier molecular flexibility index (Phi) is 16.5. The van der Waals surface area contributed by atoms with E-state index in [0.29, 0.717) is 0 Å². The van der Waals surface area contributed by atoms with Crippen molar-refractivity contribution in [2.24, 2.45) is 0 Å². The quantitative estimate of drug-likeness (QED) is 0.112. The van der Waals surface area contributed by atoms with Crippen LogP contribution in [0.15, 0.2) is 133 Å². The van der Waals surface area contributed by atoms with Crippen LogP contribution in [-0.4, -0.2) is 19.9 Å². The van der Waals surface area contributed by atoms with Crippen molar-refractivity contribution in [2.45, 2.75) is 68.7 Å². The van der Waals surface area contributed by atoms with Crippen LogP contribution >= 0.6 is 0 Å². The van der Waals surface area contributed by atoms with Crippen LogP contribution in [0.1, 0.15) is 69.7 Å². The van der Waals surface area contributed by atoms with Crippen molar-refractivity contribution in [3.8, 4) is 69.0 Å². The summed E-state index contributed by atoms with van der Waals surface area (Å²) in [5, 5.41) is 0. The maximum Gasteiger partial charge on any atom is 0.416 e. The molecular weight excluding hydrogens is 1240 g/mol. The molecule has 0 saturated heterocycles. The fourth-order valence-corrected chi connectivity index (χ4v) is 7.91. The Morgan fingerprint density at radius 3 is 0.724 bits per heavy atom. The van der Waals surface area contributed by atoms with E-state index >= 15 is 0 Å². The van der Waals surface area contributed by atoms with Gasteiger partial charge in [-0.25, -0.2) is 0 Å². The standard InChI is InChI=1S/C55H28F24N4O4/c1-47(2,41-7-3-5-39(80-41)37-9-11-43(84-33-17-25(48(56,57)58)13-26(18-33)49(59,60)61)82-45(37)86-35-21-29(52(68,69)70)15-30(22-35)53(71,72)73)42-8-4-6-40(81-42)38-10-12-44(85-34-19-27(50(62,63)64)14-28(20-34)51(65,66)67)83-46(38)87-36-23-31(54(74,75)76)16-32(24-36)55(77,78)79/h3-24H,1-2H3. The zero-order valence-corrected chi connectivity index (χ0v) is 42.7. The molecule has 8 nitrogen and oxygen atoms in total. The zero-order valence-electron chi connectivity index (χ0n) is 42.7. The first kappa shape index (κ1) is 64.0. The molecule has 0 radical (unpaired) electrons. The highest BCUT2D eigenvalue weighted by Crippen LogP contribution is 2.47. The Morgan fingerprint density at radius 1 is 0.264 bits per heavy atom. The number of hydrogen-bond donors (Lipinski definition) is 0. The largest absolute Gasteiger partial charge is 0.439 e. The number of pyridine rings is 4. The van der Waals surface area contributed by atoms with Gasteiger partial charge in [0.2, 0.25) is 23.5 Å². The molecule has 0 amide bonds. The number of nitrogens with zero attached hydrogens (tertiary/aromatic N) is 4. The minimum Gasteiger partial charge on any atom is -0.439 e. The number of rotatable bonds is 12. The first-order chi connectivity index (χ1) is 39.8. The summed E-state index contributed by atoms with van der Waals surface area (Å²) in [7, 11) is 0. The van der Waals surface area contributed by atoms with Crippen LogP contribution in [0.5, 0.6) is 46.5 Å². The predicted octanol–water partition coefficient (Wildman–Crippen LogP) is 20.2. The van der Waals surface area contributed by atoms with E-state index in [4.69, 9.17) is 18.9 Å². The van der Waals surface area contributed by atoms with Crippen LogP contribution in [-0.2, 0) is 54.8 Å². The van der Waals surface area contributed by atoms with Crippen molar-refractivity contribution < 1.29 is 124 Å². The summed E-state index contributed by atoms with van der Waals surface area (Å²) in [4.78, 5) is 16.8. The fourth-order valence-electron chi connectivity index (χ4n) is 7.91. The Bertz CT molecular complexity index is 3500. The van der Waals surface area contributed by atoms with E-state index in [1.165, 1.54) is 38.1 Å². The highest BCUT2D eigenvalue weighted by molar-refractivity contribution is 5.68. The second kappa shape index (κ2) is 22.4. The van der Waals surface area contributed by atoms with Gasteiger partial charge in [-0.1, -0.05) is 12.1 Å². The topological polar surface area (TPSA) is 88.5 Å². The molecule has 32 heteroatoms. The molecule has 0 aliphatic rings. The molecule has 0 N–H and O–H groups in total. The summed E-state index contributed by atoms with van der Waals surface area (Å²) in [5.41, 5.74) is -18.4. The van der Waals surface area contributed by atoms with Crippen molar-refractivity contribution >= 4 is 0 Å². The molecule has 0 spiro atoms. The molecule has 4 heterocycles. The third kappa shape index (κ3) is 15.2. The zero-order chi connectivity index (χ0) is 64.4. The van der Waals surface area contributed by atoms with E-state index in [1.807, 2.05) is 0 Å². The maximum absolute atomic E-state index is 14.0. The lowest BCUT2D eigenvalue weighted by Gasteiger charge is -2.25. The van der Waals surface area contributed by atoms with Gasteiger partial charge in [0.25, 0.3) is 0 Å². The Hall–Kier alpha value is -9.00. The molecule has 4 aromatic heterocycles. The first-order valence-corrected chi connectivity index (χ1v) is 23.7. The highest BCUT2D eigenvalue weighted by atomic mass is 19.4. The normalized spacial score (nSPS) is 13.2. The molecule has 0 bridgehead atoms. The number of halogens is 24. The van der Waals surface area contributed by atoms with Crippen LogP contribution in [0.4, 0.5) is 105 Å². The average molecular weight is 1260 g/mol. The van der Waals surface area contributed by atoms with Gasteiger partial charge >= 0.3 is 49.4 Å². The van der Waals surface area contributed by atoms with E-state index in [1.54, 1.807) is 0 Å². The van der Waals surface area contributed by atoms with E-state index in [9.17, 15) is 105 Å². The van der Waals surface area contributed by atoms with Gasteiger partial charge < -0.3 is 18.9 Å². The van der Waals surface area contributed by atoms with Gasteiger partial charge in [-0.15, -0.1) is 0 Å². The molecule has 460 valence electrons. The number of benzene rings is 4. The summed E-state index contributed by atoms with van der Waals surface area (Å²) in [5.74, 6) is -8.71. The van der Waals surface area contributed by atoms with Gasteiger partial charge in [-0.05, 0) is 123 Å². The van der Waals surface area contributed by atoms with Crippen molar-refractivity contribution in [2.75, 3.05) is 0 Å². The Labute approximate surface area is 470 Å². The number of alkyl halides is 24. The first-order valence-electron chi connectivity index (χ1n) is 23.7. The van der Waals surface area contributed by atoms with E-state index in [0.717, 1.165) is 36.4 Å². The van der Waals surface area contributed by atoms with Gasteiger partial charge in [0, 0.05) is 17.5 Å². The summed E-state index contributed by atoms with van der Waals surface area (Å²) in [6, 6.07) is 10.6. The SMILES string of the molecule is CC(C)(c1cccc(-c2ccc(Oc3cc(C(F)(F)F)cc(C(F)(F)F)c3)nc2Oc2cc(C(F)(F)F)cc(C(F)(F)F)c2)n1)c1cccc(-c2ccc(Oc3cc(C(F)(F)F)cc(C(F)(F)F)c3)nc2Oc2cc(C(F)(F)F)cc(C(F)(F)F)c2)n1. The van der Waals surface area contributed by atoms with Crippen molar-refractivity contribution in [1.82, 2.24) is 19.9 Å². The Morgan fingerprint density at radius 2 is 0.494 bits per heavy atom. The molecule has 8 aromatic rings. The molecule has 0 aliphatic carbocycles. The Balaban J connectivity index is 1.24. The fraction of sp³-hybridized carbons (Fsp3) is 0.200. The van der Waals surface area contributed by atoms with Crippen molar-refractivity contribution in [3.63, 3.8) is 0 Å². The van der Waals surface area contributed by atoms with Crippen molar-refractivity contribution in [1.29, 1.82) is 0 Å². The summed E-state index contributed by atoms with van der Waals surface area (Å²) in [6.45, 7) is 2.84. The van der Waals surface area contributed by atoms with Crippen LogP contribution in [0.25, 0.3) is 22.5 Å². The molecule has 0 fully saturated rings. The monoisotopic (exact) mass is 1260 g/mol. The minimum absolute atomic E-state index is 0.0701. The van der Waals surface area contributed by atoms with E-state index < -0.39 is 157 Å². The van der Waals surface area contributed by atoms with Crippen LogP contribution in [0.2, 0.25) is 0 Å². The average Bonchev–Trinajstić information content (AvgIpc) is 0.972. The lowest BCUT2D eigenvalue weighted by atomic mass is 9.84. The predicted molar refractivity (Wildman–Crippen MR) is 253 cm³/mol. The van der Waals surface area contributed by atoms with E-state index in [2.05, 4.69) is 19.9 Å². The highest BCUT2D eigenvalue weighted by Gasteiger charge is 2.42. The van der Waals surface area contributed by atoms with Crippen molar-refractivity contribution in [3.05, 3.63) is 189 Å². The van der Waals surface area contributed by atoms with Crippen LogP contribution < -0.4 is 18.9 Å². The lowest BCUT2D eigenvalue weighted by molar-refractivity contribution is -0.144. The van der Waals surface area contributed by atoms with Gasteiger partial charge in [0.05, 0.1) is 78.4 Å². The molecule has 8 rings (SSSR count). The smallest absolute Gasteiger partial charge is 0.416 e. The van der Waals surface area contributed by atoms with Crippen LogP contribution in [0.3, 0.4) is 0 Å².